The lowest BCUT2D eigenvalue weighted by Crippen LogP contribution is -2.13. The summed E-state index contributed by atoms with van der Waals surface area (Å²) < 4.78 is 57.6. The molecular formula is C17H17F2NO5S. The summed E-state index contributed by atoms with van der Waals surface area (Å²) >= 11 is 0. The molecule has 2 aromatic rings. The van der Waals surface area contributed by atoms with Gasteiger partial charge in [0.15, 0.2) is 21.3 Å². The molecule has 0 aliphatic heterocycles. The second kappa shape index (κ2) is 8.13. The number of hydrogen-bond donors (Lipinski definition) is 1. The molecular weight excluding hydrogens is 368 g/mol. The third-order valence-corrected chi connectivity index (χ3v) is 4.35. The highest BCUT2D eigenvalue weighted by atomic mass is 32.2. The van der Waals surface area contributed by atoms with Crippen LogP contribution in [-0.4, -0.2) is 33.8 Å². The van der Waals surface area contributed by atoms with Crippen molar-refractivity contribution in [1.82, 2.24) is 0 Å². The van der Waals surface area contributed by atoms with Crippen molar-refractivity contribution in [1.29, 1.82) is 0 Å². The van der Waals surface area contributed by atoms with E-state index in [0.29, 0.717) is 0 Å². The van der Waals surface area contributed by atoms with Crippen molar-refractivity contribution in [3.05, 3.63) is 48.0 Å². The first-order chi connectivity index (χ1) is 12.2. The summed E-state index contributed by atoms with van der Waals surface area (Å²) in [5.74, 6) is -0.733. The Morgan fingerprint density at radius 1 is 1.15 bits per heavy atom. The number of nitrogens with one attached hydrogen (secondary N) is 1. The van der Waals surface area contributed by atoms with E-state index < -0.39 is 22.4 Å². The average molecular weight is 385 g/mol. The van der Waals surface area contributed by atoms with Gasteiger partial charge in [0.25, 0.3) is 5.91 Å². The Bertz CT molecular complexity index is 900. The molecule has 0 unspecified atom stereocenters. The van der Waals surface area contributed by atoms with E-state index in [-0.39, 0.29) is 34.3 Å². The summed E-state index contributed by atoms with van der Waals surface area (Å²) in [4.78, 5) is 12.4. The fourth-order valence-corrected chi connectivity index (χ4v) is 2.79. The minimum absolute atomic E-state index is 0.00494. The summed E-state index contributed by atoms with van der Waals surface area (Å²) in [5.41, 5.74) is 0.420. The van der Waals surface area contributed by atoms with Gasteiger partial charge in [0, 0.05) is 17.5 Å². The highest BCUT2D eigenvalue weighted by Gasteiger charge is 2.15. The van der Waals surface area contributed by atoms with E-state index in [1.807, 2.05) is 0 Å². The lowest BCUT2D eigenvalue weighted by atomic mass is 10.2. The average Bonchev–Trinajstić information content (AvgIpc) is 2.55. The summed E-state index contributed by atoms with van der Waals surface area (Å²) in [6.45, 7) is -1.16. The first-order valence-corrected chi connectivity index (χ1v) is 9.43. The topological polar surface area (TPSA) is 81.7 Å². The molecule has 26 heavy (non-hydrogen) atoms. The zero-order valence-electron chi connectivity index (χ0n) is 14.0. The van der Waals surface area contributed by atoms with Crippen molar-refractivity contribution in [3.8, 4) is 11.5 Å². The first-order valence-electron chi connectivity index (χ1n) is 7.54. The molecule has 1 amide bonds. The van der Waals surface area contributed by atoms with Crippen LogP contribution in [0.15, 0.2) is 47.4 Å². The number of sulfone groups is 1. The van der Waals surface area contributed by atoms with Gasteiger partial charge in [-0.1, -0.05) is 6.07 Å². The number of halogens is 2. The van der Waals surface area contributed by atoms with Gasteiger partial charge in [-0.25, -0.2) is 8.42 Å². The van der Waals surface area contributed by atoms with Gasteiger partial charge in [0.1, 0.15) is 0 Å². The molecule has 0 fully saturated rings. The molecule has 0 atom stereocenters. The van der Waals surface area contributed by atoms with Crippen molar-refractivity contribution in [3.63, 3.8) is 0 Å². The molecule has 0 aliphatic carbocycles. The summed E-state index contributed by atoms with van der Waals surface area (Å²) in [7, 11) is -3.42. The molecule has 1 N–H and O–H groups in total. The predicted molar refractivity (Wildman–Crippen MR) is 91.7 cm³/mol. The molecule has 0 bridgehead atoms. The largest absolute Gasteiger partial charge is 0.490 e. The predicted octanol–water partition coefficient (Wildman–Crippen LogP) is 3.34. The molecule has 2 aromatic carbocycles. The maximum absolute atomic E-state index is 12.4. The second-order valence-corrected chi connectivity index (χ2v) is 7.24. The number of ether oxygens (including phenoxy) is 2. The number of carbonyl (C=O) groups is 1. The number of hydrogen-bond acceptors (Lipinski definition) is 5. The SMILES string of the molecule is CCOc1cc(C(=O)Nc2cccc(S(C)(=O)=O)c2)ccc1OC(F)F. The normalized spacial score (nSPS) is 11.3. The molecule has 0 saturated heterocycles. The van der Waals surface area contributed by atoms with Gasteiger partial charge in [0.2, 0.25) is 0 Å². The highest BCUT2D eigenvalue weighted by molar-refractivity contribution is 7.90. The molecule has 9 heteroatoms. The van der Waals surface area contributed by atoms with Crippen molar-refractivity contribution < 1.29 is 31.5 Å². The van der Waals surface area contributed by atoms with E-state index in [1.54, 1.807) is 6.92 Å². The molecule has 2 rings (SSSR count). The van der Waals surface area contributed by atoms with Crippen LogP contribution in [0, 0.1) is 0 Å². The van der Waals surface area contributed by atoms with Crippen molar-refractivity contribution >= 4 is 21.4 Å². The quantitative estimate of drug-likeness (QED) is 0.791. The molecule has 0 heterocycles. The maximum atomic E-state index is 12.4. The molecule has 0 aromatic heterocycles. The van der Waals surface area contributed by atoms with Crippen LogP contribution in [0.1, 0.15) is 17.3 Å². The highest BCUT2D eigenvalue weighted by Crippen LogP contribution is 2.30. The van der Waals surface area contributed by atoms with Gasteiger partial charge in [-0.2, -0.15) is 8.78 Å². The van der Waals surface area contributed by atoms with Gasteiger partial charge in [-0.3, -0.25) is 4.79 Å². The lowest BCUT2D eigenvalue weighted by molar-refractivity contribution is -0.0514. The lowest BCUT2D eigenvalue weighted by Gasteiger charge is -2.13. The Morgan fingerprint density at radius 3 is 2.50 bits per heavy atom. The van der Waals surface area contributed by atoms with Crippen LogP contribution in [0.5, 0.6) is 11.5 Å². The van der Waals surface area contributed by atoms with Gasteiger partial charge in [0.05, 0.1) is 11.5 Å². The Balaban J connectivity index is 2.25. The Hall–Kier alpha value is -2.68. The zero-order chi connectivity index (χ0) is 19.3. The Morgan fingerprint density at radius 2 is 1.88 bits per heavy atom. The molecule has 0 aliphatic rings. The van der Waals surface area contributed by atoms with Crippen LogP contribution in [0.3, 0.4) is 0 Å². The molecule has 0 radical (unpaired) electrons. The minimum Gasteiger partial charge on any atom is -0.490 e. The molecule has 0 spiro atoms. The molecule has 6 nitrogen and oxygen atoms in total. The van der Waals surface area contributed by atoms with Crippen LogP contribution in [0.25, 0.3) is 0 Å². The monoisotopic (exact) mass is 385 g/mol. The Labute approximate surface area is 149 Å². The van der Waals surface area contributed by atoms with Crippen LogP contribution >= 0.6 is 0 Å². The number of amides is 1. The number of anilines is 1. The van der Waals surface area contributed by atoms with E-state index in [2.05, 4.69) is 10.1 Å². The number of carbonyl (C=O) groups excluding carboxylic acids is 1. The van der Waals surface area contributed by atoms with E-state index in [1.165, 1.54) is 42.5 Å². The Kier molecular flexibility index (Phi) is 6.14. The van der Waals surface area contributed by atoms with E-state index in [4.69, 9.17) is 4.74 Å². The third-order valence-electron chi connectivity index (χ3n) is 3.24. The summed E-state index contributed by atoms with van der Waals surface area (Å²) in [5, 5.41) is 2.55. The zero-order valence-corrected chi connectivity index (χ0v) is 14.8. The minimum atomic E-state index is -3.42. The first kappa shape index (κ1) is 19.6. The summed E-state index contributed by atoms with van der Waals surface area (Å²) in [6, 6.07) is 9.55. The van der Waals surface area contributed by atoms with Crippen molar-refractivity contribution in [2.45, 2.75) is 18.4 Å². The standard InChI is InChI=1S/C17H17F2NO5S/c1-3-24-15-9-11(7-8-14(15)25-17(18)19)16(21)20-12-5-4-6-13(10-12)26(2,22)23/h4-10,17H,3H2,1-2H3,(H,20,21). The van der Waals surface area contributed by atoms with Crippen molar-refractivity contribution in [2.24, 2.45) is 0 Å². The fourth-order valence-electron chi connectivity index (χ4n) is 2.12. The summed E-state index contributed by atoms with van der Waals surface area (Å²) in [6.07, 6.45) is 1.06. The fraction of sp³-hybridized carbons (Fsp3) is 0.235. The van der Waals surface area contributed by atoms with Gasteiger partial charge >= 0.3 is 6.61 Å². The van der Waals surface area contributed by atoms with Crippen molar-refractivity contribution in [2.75, 3.05) is 18.2 Å². The molecule has 0 saturated carbocycles. The van der Waals surface area contributed by atoms with Crippen LogP contribution in [-0.2, 0) is 9.84 Å². The smallest absolute Gasteiger partial charge is 0.387 e. The van der Waals surface area contributed by atoms with E-state index >= 15 is 0 Å². The number of alkyl halides is 2. The maximum Gasteiger partial charge on any atom is 0.387 e. The number of benzene rings is 2. The van der Waals surface area contributed by atoms with E-state index in [0.717, 1.165) is 6.26 Å². The van der Waals surface area contributed by atoms with Gasteiger partial charge in [-0.05, 0) is 43.3 Å². The van der Waals surface area contributed by atoms with Gasteiger partial charge in [-0.15, -0.1) is 0 Å². The third kappa shape index (κ3) is 5.16. The van der Waals surface area contributed by atoms with Crippen LogP contribution in [0.2, 0.25) is 0 Å². The number of rotatable bonds is 7. The second-order valence-electron chi connectivity index (χ2n) is 5.23. The van der Waals surface area contributed by atoms with Crippen LogP contribution in [0.4, 0.5) is 14.5 Å². The molecule has 140 valence electrons. The van der Waals surface area contributed by atoms with E-state index in [9.17, 15) is 22.0 Å². The van der Waals surface area contributed by atoms with Crippen LogP contribution < -0.4 is 14.8 Å². The van der Waals surface area contributed by atoms with Gasteiger partial charge < -0.3 is 14.8 Å².